The molecule has 0 aromatic heterocycles. The van der Waals surface area contributed by atoms with Crippen LogP contribution in [0.5, 0.6) is 0 Å². The largest absolute Gasteiger partial charge is 0.322 e. The molecule has 29 heavy (non-hydrogen) atoms. The Morgan fingerprint density at radius 3 is 1.79 bits per heavy atom. The van der Waals surface area contributed by atoms with Crippen LogP contribution in [0.4, 0.5) is 11.4 Å². The number of anilines is 2. The smallest absolute Gasteiger partial charge is 0.255 e. The predicted octanol–water partition coefficient (Wildman–Crippen LogP) is 5.19. The molecule has 5 heteroatoms. The fraction of sp³-hybridized carbons (Fsp3) is 0.125. The molecule has 0 saturated heterocycles. The molecule has 0 spiro atoms. The SMILES string of the molecule is CC(C)c1ccccc1NC(=O)c1ccc(C(=O)Nc2ccccc2C#N)cc1. The van der Waals surface area contributed by atoms with E-state index in [1.165, 1.54) is 0 Å². The Kier molecular flexibility index (Phi) is 6.06. The van der Waals surface area contributed by atoms with E-state index in [9.17, 15) is 9.59 Å². The molecule has 2 N–H and O–H groups in total. The van der Waals surface area contributed by atoms with E-state index in [4.69, 9.17) is 5.26 Å². The number of carbonyl (C=O) groups excluding carboxylic acids is 2. The number of amides is 2. The Balaban J connectivity index is 1.72. The normalized spacial score (nSPS) is 10.3. The van der Waals surface area contributed by atoms with Crippen molar-refractivity contribution in [2.45, 2.75) is 19.8 Å². The molecule has 3 rings (SSSR count). The summed E-state index contributed by atoms with van der Waals surface area (Å²) in [5, 5.41) is 14.8. The number of para-hydroxylation sites is 2. The van der Waals surface area contributed by atoms with Gasteiger partial charge in [-0.15, -0.1) is 0 Å². The Hall–Kier alpha value is -3.91. The van der Waals surface area contributed by atoms with Crippen molar-refractivity contribution in [3.63, 3.8) is 0 Å². The Morgan fingerprint density at radius 2 is 1.24 bits per heavy atom. The Labute approximate surface area is 170 Å². The lowest BCUT2D eigenvalue weighted by Gasteiger charge is -2.13. The quantitative estimate of drug-likeness (QED) is 0.636. The molecule has 0 radical (unpaired) electrons. The summed E-state index contributed by atoms with van der Waals surface area (Å²) in [6.07, 6.45) is 0. The van der Waals surface area contributed by atoms with Gasteiger partial charge in [0.25, 0.3) is 11.8 Å². The van der Waals surface area contributed by atoms with Crippen molar-refractivity contribution in [3.8, 4) is 6.07 Å². The molecular formula is C24H21N3O2. The van der Waals surface area contributed by atoms with E-state index in [1.54, 1.807) is 48.5 Å². The summed E-state index contributed by atoms with van der Waals surface area (Å²) < 4.78 is 0. The van der Waals surface area contributed by atoms with Crippen LogP contribution in [0.15, 0.2) is 72.8 Å². The molecule has 0 unspecified atom stereocenters. The summed E-state index contributed by atoms with van der Waals surface area (Å²) in [6, 6.07) is 22.9. The number of nitrogens with zero attached hydrogens (tertiary/aromatic N) is 1. The van der Waals surface area contributed by atoms with E-state index in [0.717, 1.165) is 11.3 Å². The van der Waals surface area contributed by atoms with Crippen molar-refractivity contribution < 1.29 is 9.59 Å². The van der Waals surface area contributed by atoms with Gasteiger partial charge in [0.1, 0.15) is 6.07 Å². The van der Waals surface area contributed by atoms with Gasteiger partial charge in [-0.05, 0) is 53.9 Å². The summed E-state index contributed by atoms with van der Waals surface area (Å²) in [5.41, 5.74) is 3.54. The van der Waals surface area contributed by atoms with E-state index in [-0.39, 0.29) is 17.7 Å². The second-order valence-corrected chi connectivity index (χ2v) is 6.88. The minimum atomic E-state index is -0.343. The zero-order valence-corrected chi connectivity index (χ0v) is 16.3. The average molecular weight is 383 g/mol. The maximum Gasteiger partial charge on any atom is 0.255 e. The lowest BCUT2D eigenvalue weighted by molar-refractivity contribution is 0.101. The lowest BCUT2D eigenvalue weighted by Crippen LogP contribution is -2.15. The number of benzene rings is 3. The maximum absolute atomic E-state index is 12.6. The van der Waals surface area contributed by atoms with Crippen LogP contribution >= 0.6 is 0 Å². The topological polar surface area (TPSA) is 82.0 Å². The highest BCUT2D eigenvalue weighted by atomic mass is 16.2. The first-order valence-electron chi connectivity index (χ1n) is 9.30. The van der Waals surface area contributed by atoms with Crippen LogP contribution in [-0.2, 0) is 0 Å². The highest BCUT2D eigenvalue weighted by molar-refractivity contribution is 6.07. The first kappa shape index (κ1) is 19.8. The summed E-state index contributed by atoms with van der Waals surface area (Å²) in [5.74, 6) is -0.293. The highest BCUT2D eigenvalue weighted by Gasteiger charge is 2.13. The van der Waals surface area contributed by atoms with Gasteiger partial charge in [-0.3, -0.25) is 9.59 Å². The van der Waals surface area contributed by atoms with Gasteiger partial charge >= 0.3 is 0 Å². The molecule has 0 atom stereocenters. The van der Waals surface area contributed by atoms with Crippen LogP contribution < -0.4 is 10.6 Å². The molecule has 2 amide bonds. The van der Waals surface area contributed by atoms with Crippen molar-refractivity contribution >= 4 is 23.2 Å². The number of nitriles is 1. The lowest BCUT2D eigenvalue weighted by atomic mass is 10.0. The van der Waals surface area contributed by atoms with E-state index in [1.807, 2.05) is 30.3 Å². The minimum absolute atomic E-state index is 0.236. The van der Waals surface area contributed by atoms with Crippen LogP contribution in [0, 0.1) is 11.3 Å². The van der Waals surface area contributed by atoms with Gasteiger partial charge in [-0.25, -0.2) is 0 Å². The first-order chi connectivity index (χ1) is 14.0. The second-order valence-electron chi connectivity index (χ2n) is 6.88. The van der Waals surface area contributed by atoms with Gasteiger partial charge in [0.05, 0.1) is 11.3 Å². The van der Waals surface area contributed by atoms with Crippen LogP contribution in [0.1, 0.15) is 51.6 Å². The van der Waals surface area contributed by atoms with Gasteiger partial charge in [0, 0.05) is 16.8 Å². The molecule has 3 aromatic carbocycles. The van der Waals surface area contributed by atoms with Gasteiger partial charge in [0.2, 0.25) is 0 Å². The molecule has 5 nitrogen and oxygen atoms in total. The first-order valence-corrected chi connectivity index (χ1v) is 9.30. The Bertz CT molecular complexity index is 1080. The van der Waals surface area contributed by atoms with E-state index in [0.29, 0.717) is 22.4 Å². The Morgan fingerprint density at radius 1 is 0.759 bits per heavy atom. The molecule has 0 bridgehead atoms. The number of hydrogen-bond acceptors (Lipinski definition) is 3. The zero-order chi connectivity index (χ0) is 20.8. The van der Waals surface area contributed by atoms with E-state index in [2.05, 4.69) is 24.5 Å². The summed E-state index contributed by atoms with van der Waals surface area (Å²) in [4.78, 5) is 25.0. The molecule has 0 aliphatic rings. The van der Waals surface area contributed by atoms with E-state index < -0.39 is 0 Å². The number of hydrogen-bond donors (Lipinski definition) is 2. The van der Waals surface area contributed by atoms with Crippen molar-refractivity contribution in [3.05, 3.63) is 95.1 Å². The fourth-order valence-electron chi connectivity index (χ4n) is 2.97. The van der Waals surface area contributed by atoms with Crippen LogP contribution in [-0.4, -0.2) is 11.8 Å². The van der Waals surface area contributed by atoms with Gasteiger partial charge in [-0.2, -0.15) is 5.26 Å². The van der Waals surface area contributed by atoms with Crippen LogP contribution in [0.3, 0.4) is 0 Å². The summed E-state index contributed by atoms with van der Waals surface area (Å²) in [7, 11) is 0. The molecule has 0 heterocycles. The third-order valence-electron chi connectivity index (χ3n) is 4.54. The monoisotopic (exact) mass is 383 g/mol. The summed E-state index contributed by atoms with van der Waals surface area (Å²) in [6.45, 7) is 4.14. The summed E-state index contributed by atoms with van der Waals surface area (Å²) >= 11 is 0. The van der Waals surface area contributed by atoms with E-state index >= 15 is 0 Å². The van der Waals surface area contributed by atoms with Gasteiger partial charge in [0.15, 0.2) is 0 Å². The number of nitrogens with one attached hydrogen (secondary N) is 2. The van der Waals surface area contributed by atoms with Crippen LogP contribution in [0.2, 0.25) is 0 Å². The average Bonchev–Trinajstić information content (AvgIpc) is 2.74. The molecule has 0 aliphatic carbocycles. The zero-order valence-electron chi connectivity index (χ0n) is 16.3. The van der Waals surface area contributed by atoms with Crippen LogP contribution in [0.25, 0.3) is 0 Å². The minimum Gasteiger partial charge on any atom is -0.322 e. The van der Waals surface area contributed by atoms with Crippen molar-refractivity contribution in [1.29, 1.82) is 5.26 Å². The van der Waals surface area contributed by atoms with Gasteiger partial charge in [-0.1, -0.05) is 44.2 Å². The molecule has 0 aliphatic heterocycles. The number of carbonyl (C=O) groups is 2. The van der Waals surface area contributed by atoms with Gasteiger partial charge < -0.3 is 10.6 Å². The third kappa shape index (κ3) is 4.69. The molecule has 0 fully saturated rings. The predicted molar refractivity (Wildman–Crippen MR) is 114 cm³/mol. The molecule has 3 aromatic rings. The van der Waals surface area contributed by atoms with Crippen molar-refractivity contribution in [2.24, 2.45) is 0 Å². The van der Waals surface area contributed by atoms with Crippen molar-refractivity contribution in [1.82, 2.24) is 0 Å². The number of rotatable bonds is 5. The molecule has 144 valence electrons. The third-order valence-corrected chi connectivity index (χ3v) is 4.54. The highest BCUT2D eigenvalue weighted by Crippen LogP contribution is 2.24. The van der Waals surface area contributed by atoms with Crippen molar-refractivity contribution in [2.75, 3.05) is 10.6 Å². The second kappa shape index (κ2) is 8.85. The maximum atomic E-state index is 12.6. The fourth-order valence-corrected chi connectivity index (χ4v) is 2.97. The standard InChI is InChI=1S/C24H21N3O2/c1-16(2)20-8-4-6-10-22(20)27-24(29)18-13-11-17(12-14-18)23(28)26-21-9-5-3-7-19(21)15-25/h3-14,16H,1-2H3,(H,26,28)(H,27,29). The molecular weight excluding hydrogens is 362 g/mol. The molecule has 0 saturated carbocycles.